The fraction of sp³-hybridized carbons (Fsp3) is 0.308. The molecule has 0 aliphatic heterocycles. The number of aryl methyl sites for hydroxylation is 1. The maximum absolute atomic E-state index is 13.7. The SMILES string of the molecule is COc1ccc(C(CN)c2nccn2C)cc1F. The van der Waals surface area contributed by atoms with E-state index in [0.717, 1.165) is 11.4 Å². The third kappa shape index (κ3) is 2.22. The largest absolute Gasteiger partial charge is 0.494 e. The maximum Gasteiger partial charge on any atom is 0.165 e. The normalized spacial score (nSPS) is 12.4. The molecule has 96 valence electrons. The maximum atomic E-state index is 13.7. The van der Waals surface area contributed by atoms with E-state index in [0.29, 0.717) is 6.54 Å². The van der Waals surface area contributed by atoms with Gasteiger partial charge in [0.05, 0.1) is 13.0 Å². The summed E-state index contributed by atoms with van der Waals surface area (Å²) in [7, 11) is 3.34. The lowest BCUT2D eigenvalue weighted by molar-refractivity contribution is 0.386. The van der Waals surface area contributed by atoms with Crippen LogP contribution in [0.1, 0.15) is 17.3 Å². The highest BCUT2D eigenvalue weighted by atomic mass is 19.1. The Kier molecular flexibility index (Phi) is 3.62. The van der Waals surface area contributed by atoms with Crippen molar-refractivity contribution in [1.29, 1.82) is 0 Å². The number of hydrogen-bond donors (Lipinski definition) is 1. The molecule has 0 aliphatic rings. The fourth-order valence-corrected chi connectivity index (χ4v) is 2.00. The molecule has 5 heteroatoms. The Balaban J connectivity index is 2.40. The van der Waals surface area contributed by atoms with Gasteiger partial charge in [-0.25, -0.2) is 9.37 Å². The summed E-state index contributed by atoms with van der Waals surface area (Å²) in [6.07, 6.45) is 3.55. The van der Waals surface area contributed by atoms with Crippen LogP contribution in [0.5, 0.6) is 5.75 Å². The highest BCUT2D eigenvalue weighted by molar-refractivity contribution is 5.34. The van der Waals surface area contributed by atoms with E-state index in [1.807, 2.05) is 23.9 Å². The average Bonchev–Trinajstić information content (AvgIpc) is 2.77. The summed E-state index contributed by atoms with van der Waals surface area (Å²) in [5.74, 6) is 0.546. The lowest BCUT2D eigenvalue weighted by atomic mass is 9.98. The van der Waals surface area contributed by atoms with E-state index >= 15 is 0 Å². The van der Waals surface area contributed by atoms with Crippen LogP contribution in [0.3, 0.4) is 0 Å². The van der Waals surface area contributed by atoms with Crippen molar-refractivity contribution >= 4 is 0 Å². The van der Waals surface area contributed by atoms with Crippen molar-refractivity contribution < 1.29 is 9.13 Å². The molecule has 0 fully saturated rings. The topological polar surface area (TPSA) is 53.1 Å². The van der Waals surface area contributed by atoms with Gasteiger partial charge in [0.2, 0.25) is 0 Å². The monoisotopic (exact) mass is 249 g/mol. The molecule has 0 spiro atoms. The molecule has 0 bridgehead atoms. The zero-order valence-corrected chi connectivity index (χ0v) is 10.4. The predicted octanol–water partition coefficient (Wildman–Crippen LogP) is 1.66. The first-order valence-electron chi connectivity index (χ1n) is 5.68. The van der Waals surface area contributed by atoms with Crippen LogP contribution >= 0.6 is 0 Å². The molecule has 0 saturated heterocycles. The van der Waals surface area contributed by atoms with Crippen molar-refractivity contribution in [2.24, 2.45) is 12.8 Å². The number of imidazole rings is 1. The Morgan fingerprint density at radius 3 is 2.78 bits per heavy atom. The summed E-state index contributed by atoms with van der Waals surface area (Å²) in [6, 6.07) is 4.87. The van der Waals surface area contributed by atoms with Crippen molar-refractivity contribution in [2.75, 3.05) is 13.7 Å². The number of benzene rings is 1. The van der Waals surface area contributed by atoms with Crippen molar-refractivity contribution in [1.82, 2.24) is 9.55 Å². The van der Waals surface area contributed by atoms with Gasteiger partial charge in [-0.3, -0.25) is 0 Å². The molecular formula is C13H16FN3O. The van der Waals surface area contributed by atoms with Crippen LogP contribution in [0.4, 0.5) is 4.39 Å². The van der Waals surface area contributed by atoms with Crippen molar-refractivity contribution in [3.8, 4) is 5.75 Å². The van der Waals surface area contributed by atoms with Gasteiger partial charge in [0.15, 0.2) is 11.6 Å². The van der Waals surface area contributed by atoms with Crippen LogP contribution in [0, 0.1) is 5.82 Å². The molecule has 1 atom stereocenters. The van der Waals surface area contributed by atoms with E-state index in [9.17, 15) is 4.39 Å². The fourth-order valence-electron chi connectivity index (χ4n) is 2.00. The molecule has 0 saturated carbocycles. The third-order valence-electron chi connectivity index (χ3n) is 2.98. The zero-order chi connectivity index (χ0) is 13.1. The third-order valence-corrected chi connectivity index (χ3v) is 2.98. The van der Waals surface area contributed by atoms with Crippen molar-refractivity contribution in [2.45, 2.75) is 5.92 Å². The van der Waals surface area contributed by atoms with Gasteiger partial charge >= 0.3 is 0 Å². The minimum atomic E-state index is -0.386. The number of nitrogens with two attached hydrogens (primary N) is 1. The van der Waals surface area contributed by atoms with E-state index in [2.05, 4.69) is 4.98 Å². The molecule has 2 rings (SSSR count). The number of hydrogen-bond acceptors (Lipinski definition) is 3. The highest BCUT2D eigenvalue weighted by Gasteiger charge is 2.18. The number of halogens is 1. The lowest BCUT2D eigenvalue weighted by Crippen LogP contribution is -2.17. The molecule has 18 heavy (non-hydrogen) atoms. The van der Waals surface area contributed by atoms with Gasteiger partial charge in [0, 0.05) is 26.0 Å². The summed E-state index contributed by atoms with van der Waals surface area (Å²) in [5, 5.41) is 0. The number of rotatable bonds is 4. The van der Waals surface area contributed by atoms with Crippen LogP contribution in [0.15, 0.2) is 30.6 Å². The first-order chi connectivity index (χ1) is 8.67. The van der Waals surface area contributed by atoms with Crippen molar-refractivity contribution in [3.63, 3.8) is 0 Å². The molecule has 0 aliphatic carbocycles. The molecule has 1 unspecified atom stereocenters. The summed E-state index contributed by atoms with van der Waals surface area (Å²) < 4.78 is 20.5. The number of ether oxygens (including phenoxy) is 1. The first-order valence-corrected chi connectivity index (χ1v) is 5.68. The summed E-state index contributed by atoms with van der Waals surface area (Å²) in [5.41, 5.74) is 6.57. The van der Waals surface area contributed by atoms with Crippen LogP contribution in [0.25, 0.3) is 0 Å². The highest BCUT2D eigenvalue weighted by Crippen LogP contribution is 2.26. The van der Waals surface area contributed by atoms with Gasteiger partial charge in [-0.1, -0.05) is 6.07 Å². The second-order valence-corrected chi connectivity index (χ2v) is 4.08. The lowest BCUT2D eigenvalue weighted by Gasteiger charge is -2.16. The Bertz CT molecular complexity index is 539. The Labute approximate surface area is 105 Å². The minimum absolute atomic E-state index is 0.120. The van der Waals surface area contributed by atoms with E-state index in [1.165, 1.54) is 13.2 Å². The number of methoxy groups -OCH3 is 1. The second kappa shape index (κ2) is 5.18. The molecule has 0 radical (unpaired) electrons. The van der Waals surface area contributed by atoms with E-state index < -0.39 is 0 Å². The summed E-state index contributed by atoms with van der Waals surface area (Å²) >= 11 is 0. The van der Waals surface area contributed by atoms with E-state index in [-0.39, 0.29) is 17.5 Å². The van der Waals surface area contributed by atoms with Crippen LogP contribution in [0.2, 0.25) is 0 Å². The Morgan fingerprint density at radius 2 is 2.28 bits per heavy atom. The number of nitrogens with zero attached hydrogens (tertiary/aromatic N) is 2. The second-order valence-electron chi connectivity index (χ2n) is 4.08. The molecule has 1 aromatic carbocycles. The van der Waals surface area contributed by atoms with Gasteiger partial charge in [-0.2, -0.15) is 0 Å². The average molecular weight is 249 g/mol. The van der Waals surface area contributed by atoms with Crippen LogP contribution in [-0.2, 0) is 7.05 Å². The Hall–Kier alpha value is -1.88. The first kappa shape index (κ1) is 12.6. The van der Waals surface area contributed by atoms with Gasteiger partial charge in [-0.15, -0.1) is 0 Å². The molecular weight excluding hydrogens is 233 g/mol. The quantitative estimate of drug-likeness (QED) is 0.896. The predicted molar refractivity (Wildman–Crippen MR) is 67.1 cm³/mol. The molecule has 2 aromatic rings. The van der Waals surface area contributed by atoms with Crippen LogP contribution in [-0.4, -0.2) is 23.2 Å². The van der Waals surface area contributed by atoms with Gasteiger partial charge in [0.1, 0.15) is 5.82 Å². The van der Waals surface area contributed by atoms with Gasteiger partial charge in [0.25, 0.3) is 0 Å². The van der Waals surface area contributed by atoms with Gasteiger partial charge in [-0.05, 0) is 17.7 Å². The van der Waals surface area contributed by atoms with Crippen LogP contribution < -0.4 is 10.5 Å². The molecule has 1 aromatic heterocycles. The van der Waals surface area contributed by atoms with Gasteiger partial charge < -0.3 is 15.0 Å². The standard InChI is InChI=1S/C13H16FN3O/c1-17-6-5-16-13(17)10(8-15)9-3-4-12(18-2)11(14)7-9/h3-7,10H,8,15H2,1-2H3. The molecule has 2 N–H and O–H groups in total. The Morgan fingerprint density at radius 1 is 1.50 bits per heavy atom. The van der Waals surface area contributed by atoms with E-state index in [1.54, 1.807) is 12.3 Å². The molecule has 4 nitrogen and oxygen atoms in total. The van der Waals surface area contributed by atoms with E-state index in [4.69, 9.17) is 10.5 Å². The summed E-state index contributed by atoms with van der Waals surface area (Å²) in [4.78, 5) is 4.26. The smallest absolute Gasteiger partial charge is 0.165 e. The number of aromatic nitrogens is 2. The molecule has 0 amide bonds. The zero-order valence-electron chi connectivity index (χ0n) is 10.4. The minimum Gasteiger partial charge on any atom is -0.494 e. The molecule has 1 heterocycles. The summed E-state index contributed by atoms with van der Waals surface area (Å²) in [6.45, 7) is 0.372. The van der Waals surface area contributed by atoms with Crippen molar-refractivity contribution in [3.05, 3.63) is 47.8 Å².